The van der Waals surface area contributed by atoms with E-state index < -0.39 is 61.0 Å². The summed E-state index contributed by atoms with van der Waals surface area (Å²) in [6.45, 7) is -0.100. The van der Waals surface area contributed by atoms with E-state index in [0.29, 0.717) is 0 Å². The van der Waals surface area contributed by atoms with E-state index in [1.54, 1.807) is 0 Å². The van der Waals surface area contributed by atoms with Gasteiger partial charge in [0.15, 0.2) is 6.29 Å². The minimum Gasteiger partial charge on any atom is -0.389 e. The van der Waals surface area contributed by atoms with E-state index in [1.807, 2.05) is 0 Å². The molecule has 1 heterocycles. The summed E-state index contributed by atoms with van der Waals surface area (Å²) in [5.74, 6) is -0.431. The largest absolute Gasteiger partial charge is 0.389 e. The van der Waals surface area contributed by atoms with Gasteiger partial charge in [-0.15, -0.1) is 0 Å². The van der Waals surface area contributed by atoms with Crippen LogP contribution in [0.5, 0.6) is 0 Å². The van der Waals surface area contributed by atoms with Crippen LogP contribution in [-0.4, -0.2) is 99.7 Å². The van der Waals surface area contributed by atoms with Gasteiger partial charge in [0.1, 0.15) is 30.5 Å². The van der Waals surface area contributed by atoms with Crippen molar-refractivity contribution < 1.29 is 34.7 Å². The van der Waals surface area contributed by atoms with Gasteiger partial charge in [0.2, 0.25) is 5.91 Å². The summed E-state index contributed by atoms with van der Waals surface area (Å²) < 4.78 is 11.2. The molecule has 2 aliphatic rings. The summed E-state index contributed by atoms with van der Waals surface area (Å²) in [5.41, 5.74) is 17.5. The number of nitrogens with one attached hydrogen (secondary N) is 1. The van der Waals surface area contributed by atoms with Crippen molar-refractivity contribution >= 4 is 18.5 Å². The Labute approximate surface area is 156 Å². The number of thiol groups is 1. The minimum atomic E-state index is -1.39. The van der Waals surface area contributed by atoms with Gasteiger partial charge in [-0.2, -0.15) is 12.6 Å². The van der Waals surface area contributed by atoms with Crippen molar-refractivity contribution in [3.05, 3.63) is 0 Å². The van der Waals surface area contributed by atoms with Gasteiger partial charge in [-0.25, -0.2) is 0 Å². The van der Waals surface area contributed by atoms with Crippen LogP contribution >= 0.6 is 12.6 Å². The standard InChI is InChI=1S/C14H28N4O7S/c15-4-1-5(16)13(12(23)9(4)20)25-14-8(17)11(22)10(21)6(24-14)2-18-7(19)3-26/h4-6,8-14,20-23,26H,1-3,15-17H2,(H,18,19)/t4-,5+,6-,8-,9+,10-,11-,12-,13-,14-/m1/s1. The lowest BCUT2D eigenvalue weighted by molar-refractivity contribution is -0.288. The summed E-state index contributed by atoms with van der Waals surface area (Å²) in [6, 6.07) is -2.52. The molecule has 0 aromatic carbocycles. The molecule has 11 N–H and O–H groups in total. The number of aliphatic hydroxyl groups excluding tert-OH is 4. The zero-order chi connectivity index (χ0) is 19.6. The maximum absolute atomic E-state index is 11.3. The van der Waals surface area contributed by atoms with Crippen molar-refractivity contribution in [2.75, 3.05) is 12.3 Å². The Balaban J connectivity index is 2.05. The van der Waals surface area contributed by atoms with Gasteiger partial charge in [0, 0.05) is 18.6 Å². The van der Waals surface area contributed by atoms with Crippen LogP contribution in [0.1, 0.15) is 6.42 Å². The Hall–Kier alpha value is -0.540. The molecule has 12 heteroatoms. The van der Waals surface area contributed by atoms with Crippen molar-refractivity contribution in [3.8, 4) is 0 Å². The number of hydrogen-bond donors (Lipinski definition) is 9. The zero-order valence-electron chi connectivity index (χ0n) is 14.1. The van der Waals surface area contributed by atoms with Crippen LogP contribution in [-0.2, 0) is 14.3 Å². The lowest BCUT2D eigenvalue weighted by atomic mass is 9.84. The van der Waals surface area contributed by atoms with E-state index in [2.05, 4.69) is 17.9 Å². The third-order valence-corrected chi connectivity index (χ3v) is 5.06. The molecule has 0 aromatic heterocycles. The normalized spacial score (nSPS) is 46.8. The molecule has 10 atom stereocenters. The molecule has 0 radical (unpaired) electrons. The number of ether oxygens (including phenoxy) is 2. The van der Waals surface area contributed by atoms with E-state index in [1.165, 1.54) is 0 Å². The molecule has 11 nitrogen and oxygen atoms in total. The molecule has 2 fully saturated rings. The first-order chi connectivity index (χ1) is 12.2. The van der Waals surface area contributed by atoms with Gasteiger partial charge in [0.25, 0.3) is 0 Å². The minimum absolute atomic E-state index is 0.0495. The first-order valence-corrected chi connectivity index (χ1v) is 8.98. The van der Waals surface area contributed by atoms with Crippen molar-refractivity contribution in [2.45, 2.75) is 67.5 Å². The average molecular weight is 396 g/mol. The summed E-state index contributed by atoms with van der Waals surface area (Å²) in [6.07, 6.45) is -8.39. The summed E-state index contributed by atoms with van der Waals surface area (Å²) in [4.78, 5) is 11.3. The van der Waals surface area contributed by atoms with Crippen LogP contribution in [0.2, 0.25) is 0 Å². The second-order valence-electron chi connectivity index (χ2n) is 6.71. The summed E-state index contributed by atoms with van der Waals surface area (Å²) >= 11 is 3.82. The number of carbonyl (C=O) groups is 1. The van der Waals surface area contributed by atoms with Crippen LogP contribution in [0.15, 0.2) is 0 Å². The molecule has 1 amide bonds. The number of hydrogen-bond acceptors (Lipinski definition) is 11. The van der Waals surface area contributed by atoms with Crippen LogP contribution in [0.3, 0.4) is 0 Å². The molecule has 0 unspecified atom stereocenters. The molecule has 0 aromatic rings. The predicted octanol–water partition coefficient (Wildman–Crippen LogP) is -5.03. The fourth-order valence-corrected chi connectivity index (χ4v) is 3.25. The number of aliphatic hydroxyl groups is 4. The highest BCUT2D eigenvalue weighted by molar-refractivity contribution is 7.81. The molecule has 1 aliphatic heterocycles. The lowest BCUT2D eigenvalue weighted by Crippen LogP contribution is -2.67. The topological polar surface area (TPSA) is 207 Å². The molecule has 0 spiro atoms. The van der Waals surface area contributed by atoms with E-state index >= 15 is 0 Å². The second-order valence-corrected chi connectivity index (χ2v) is 7.03. The molecule has 1 saturated heterocycles. The maximum atomic E-state index is 11.3. The summed E-state index contributed by atoms with van der Waals surface area (Å²) in [7, 11) is 0. The highest BCUT2D eigenvalue weighted by Gasteiger charge is 2.48. The molecule has 26 heavy (non-hydrogen) atoms. The lowest BCUT2D eigenvalue weighted by Gasteiger charge is -2.45. The predicted molar refractivity (Wildman–Crippen MR) is 93.0 cm³/mol. The second kappa shape index (κ2) is 9.10. The summed E-state index contributed by atoms with van der Waals surface area (Å²) in [5, 5.41) is 42.8. The van der Waals surface area contributed by atoms with Gasteiger partial charge >= 0.3 is 0 Å². The Morgan fingerprint density at radius 1 is 1.08 bits per heavy atom. The van der Waals surface area contributed by atoms with Crippen molar-refractivity contribution in [2.24, 2.45) is 17.2 Å². The Morgan fingerprint density at radius 2 is 1.73 bits per heavy atom. The van der Waals surface area contributed by atoms with Gasteiger partial charge in [-0.05, 0) is 6.42 Å². The number of amides is 1. The third kappa shape index (κ3) is 4.65. The van der Waals surface area contributed by atoms with E-state index in [-0.39, 0.29) is 24.6 Å². The van der Waals surface area contributed by atoms with Gasteiger partial charge in [-0.1, -0.05) is 0 Å². The van der Waals surface area contributed by atoms with Crippen molar-refractivity contribution in [3.63, 3.8) is 0 Å². The van der Waals surface area contributed by atoms with Gasteiger partial charge in [0.05, 0.1) is 17.9 Å². The molecule has 152 valence electrons. The SMILES string of the molecule is N[C@H]1[C@@H](O[C@H]2[C@H](O)[C@@H](O)[C@H](N)C[C@@H]2N)O[C@H](CNC(=O)CS)[C@@H](O)[C@@H]1O. The molecule has 0 bridgehead atoms. The fourth-order valence-electron chi connectivity index (χ4n) is 3.14. The first kappa shape index (κ1) is 21.8. The highest BCUT2D eigenvalue weighted by atomic mass is 32.1. The molecule has 2 rings (SSSR count). The Kier molecular flexibility index (Phi) is 7.62. The number of rotatable bonds is 5. The number of carbonyl (C=O) groups excluding carboxylic acids is 1. The smallest absolute Gasteiger partial charge is 0.229 e. The van der Waals surface area contributed by atoms with E-state index in [0.717, 1.165) is 0 Å². The monoisotopic (exact) mass is 396 g/mol. The van der Waals surface area contributed by atoms with Crippen molar-refractivity contribution in [1.29, 1.82) is 0 Å². The molecule has 1 saturated carbocycles. The van der Waals surface area contributed by atoms with Gasteiger partial charge in [-0.3, -0.25) is 4.79 Å². The van der Waals surface area contributed by atoms with Gasteiger partial charge < -0.3 is 52.4 Å². The molecular formula is C14H28N4O7S. The maximum Gasteiger partial charge on any atom is 0.229 e. The molecular weight excluding hydrogens is 368 g/mol. The Bertz CT molecular complexity index is 490. The Morgan fingerprint density at radius 3 is 2.35 bits per heavy atom. The van der Waals surface area contributed by atoms with Crippen LogP contribution in [0.25, 0.3) is 0 Å². The van der Waals surface area contributed by atoms with Crippen LogP contribution < -0.4 is 22.5 Å². The zero-order valence-corrected chi connectivity index (χ0v) is 15.0. The fraction of sp³-hybridized carbons (Fsp3) is 0.929. The van der Waals surface area contributed by atoms with Crippen LogP contribution in [0, 0.1) is 0 Å². The van der Waals surface area contributed by atoms with E-state index in [4.69, 9.17) is 26.7 Å². The van der Waals surface area contributed by atoms with Crippen LogP contribution in [0.4, 0.5) is 0 Å². The highest BCUT2D eigenvalue weighted by Crippen LogP contribution is 2.27. The quantitative estimate of drug-likeness (QED) is 0.202. The molecule has 1 aliphatic carbocycles. The third-order valence-electron chi connectivity index (χ3n) is 4.78. The first-order valence-electron chi connectivity index (χ1n) is 8.34. The average Bonchev–Trinajstić information content (AvgIpc) is 2.61. The van der Waals surface area contributed by atoms with E-state index in [9.17, 15) is 25.2 Å². The number of nitrogens with two attached hydrogens (primary N) is 3. The van der Waals surface area contributed by atoms with Crippen molar-refractivity contribution in [1.82, 2.24) is 5.32 Å².